The molecule has 12 heteroatoms. The van der Waals surface area contributed by atoms with E-state index in [0.29, 0.717) is 30.8 Å². The zero-order valence-electron chi connectivity index (χ0n) is 19.6. The summed E-state index contributed by atoms with van der Waals surface area (Å²) in [6.45, 7) is 2.67. The van der Waals surface area contributed by atoms with Gasteiger partial charge in [0.25, 0.3) is 10.0 Å². The molecule has 0 atom stereocenters. The van der Waals surface area contributed by atoms with Crippen LogP contribution < -0.4 is 14.4 Å². The number of anilines is 2. The first-order chi connectivity index (χ1) is 17.4. The van der Waals surface area contributed by atoms with Crippen LogP contribution in [-0.2, 0) is 16.6 Å². The van der Waals surface area contributed by atoms with Crippen molar-refractivity contribution in [2.24, 2.45) is 0 Å². The summed E-state index contributed by atoms with van der Waals surface area (Å²) in [7, 11) is -4.06. The molecule has 0 saturated carbocycles. The first kappa shape index (κ1) is 26.3. The van der Waals surface area contributed by atoms with E-state index in [1.807, 2.05) is 0 Å². The monoisotopic (exact) mass is 537 g/mol. The highest BCUT2D eigenvalue weighted by Crippen LogP contribution is 2.32. The predicted molar refractivity (Wildman–Crippen MR) is 129 cm³/mol. The number of carbonyl (C=O) groups excluding carboxylic acids is 1. The second kappa shape index (κ2) is 10.3. The van der Waals surface area contributed by atoms with Gasteiger partial charge in [-0.1, -0.05) is 18.2 Å². The number of sulfonamides is 1. The van der Waals surface area contributed by atoms with Crippen LogP contribution in [0.15, 0.2) is 71.6 Å². The third kappa shape index (κ3) is 6.50. The summed E-state index contributed by atoms with van der Waals surface area (Å²) in [5.41, 5.74) is 1.89. The third-order valence-corrected chi connectivity index (χ3v) is 7.03. The van der Waals surface area contributed by atoms with Crippen molar-refractivity contribution in [1.29, 1.82) is 0 Å². The minimum absolute atomic E-state index is 0.133. The molecule has 3 aromatic carbocycles. The summed E-state index contributed by atoms with van der Waals surface area (Å²) in [4.78, 5) is 16.2. The first-order valence-electron chi connectivity index (χ1n) is 11.2. The minimum Gasteiger partial charge on any atom is -0.406 e. The largest absolute Gasteiger partial charge is 0.573 e. The molecule has 1 aliphatic heterocycles. The van der Waals surface area contributed by atoms with Crippen LogP contribution in [-0.4, -0.2) is 38.8 Å². The molecular weight excluding hydrogens is 514 g/mol. The fourth-order valence-electron chi connectivity index (χ4n) is 3.95. The molecule has 1 aliphatic rings. The van der Waals surface area contributed by atoms with Gasteiger partial charge in [-0.2, -0.15) is 0 Å². The maximum Gasteiger partial charge on any atom is 0.573 e. The number of ether oxygens (including phenoxy) is 1. The molecule has 0 bridgehead atoms. The highest BCUT2D eigenvalue weighted by molar-refractivity contribution is 7.92. The predicted octanol–water partition coefficient (Wildman–Crippen LogP) is 5.67. The third-order valence-electron chi connectivity index (χ3n) is 5.65. The molecule has 37 heavy (non-hydrogen) atoms. The standard InChI is InChI=1S/C25H23F4N3O4S/c1-17-3-12-23(22(15-17)30-37(34,35)21-10-6-19(26)7-11-21)32-14-2-13-31(24(32)33)16-18-4-8-20(9-5-18)36-25(27,28)29/h3-12,15,30H,2,13-14,16H2,1H3. The van der Waals surface area contributed by atoms with Crippen LogP contribution in [0, 0.1) is 12.7 Å². The molecule has 196 valence electrons. The van der Waals surface area contributed by atoms with E-state index in [2.05, 4.69) is 9.46 Å². The summed E-state index contributed by atoms with van der Waals surface area (Å²) in [6, 6.07) is 14.2. The Morgan fingerprint density at radius 3 is 2.30 bits per heavy atom. The van der Waals surface area contributed by atoms with E-state index in [0.717, 1.165) is 29.8 Å². The lowest BCUT2D eigenvalue weighted by Gasteiger charge is -2.36. The van der Waals surface area contributed by atoms with E-state index in [4.69, 9.17) is 0 Å². The second-order valence-electron chi connectivity index (χ2n) is 8.48. The molecule has 3 aromatic rings. The molecule has 4 rings (SSSR count). The van der Waals surface area contributed by atoms with Crippen molar-refractivity contribution in [3.63, 3.8) is 0 Å². The number of benzene rings is 3. The quantitative estimate of drug-likeness (QED) is 0.394. The van der Waals surface area contributed by atoms with Gasteiger partial charge in [0, 0.05) is 19.6 Å². The number of halogens is 4. The number of urea groups is 1. The molecule has 2 amide bonds. The lowest BCUT2D eigenvalue weighted by molar-refractivity contribution is -0.274. The Kier molecular flexibility index (Phi) is 7.30. The first-order valence-corrected chi connectivity index (χ1v) is 12.7. The van der Waals surface area contributed by atoms with Crippen molar-refractivity contribution in [2.45, 2.75) is 31.1 Å². The van der Waals surface area contributed by atoms with Crippen LogP contribution in [0.5, 0.6) is 5.75 Å². The molecule has 0 aromatic heterocycles. The van der Waals surface area contributed by atoms with Gasteiger partial charge in [-0.15, -0.1) is 13.2 Å². The molecule has 1 N–H and O–H groups in total. The Morgan fingerprint density at radius 2 is 1.65 bits per heavy atom. The number of nitrogens with zero attached hydrogens (tertiary/aromatic N) is 2. The van der Waals surface area contributed by atoms with Crippen LogP contribution in [0.3, 0.4) is 0 Å². The maximum absolute atomic E-state index is 13.4. The average molecular weight is 538 g/mol. The summed E-state index contributed by atoms with van der Waals surface area (Å²) in [6.07, 6.45) is -4.21. The topological polar surface area (TPSA) is 79.0 Å². The van der Waals surface area contributed by atoms with E-state index in [1.54, 1.807) is 25.1 Å². The Bertz CT molecular complexity index is 1380. The molecule has 1 heterocycles. The zero-order chi connectivity index (χ0) is 26.8. The molecule has 0 aliphatic carbocycles. The zero-order valence-corrected chi connectivity index (χ0v) is 20.4. The SMILES string of the molecule is Cc1ccc(N2CCCN(Cc3ccc(OC(F)(F)F)cc3)C2=O)c(NS(=O)(=O)c2ccc(F)cc2)c1. The Labute approximate surface area is 211 Å². The number of nitrogens with one attached hydrogen (secondary N) is 1. The van der Waals surface area contributed by atoms with Gasteiger partial charge >= 0.3 is 12.4 Å². The van der Waals surface area contributed by atoms with Crippen molar-refractivity contribution in [2.75, 3.05) is 22.7 Å². The van der Waals surface area contributed by atoms with Crippen molar-refractivity contribution in [3.8, 4) is 5.75 Å². The summed E-state index contributed by atoms with van der Waals surface area (Å²) < 4.78 is 82.7. The van der Waals surface area contributed by atoms with Gasteiger partial charge in [-0.25, -0.2) is 17.6 Å². The van der Waals surface area contributed by atoms with Gasteiger partial charge in [0.2, 0.25) is 0 Å². The molecule has 0 radical (unpaired) electrons. The summed E-state index contributed by atoms with van der Waals surface area (Å²) in [5, 5.41) is 0. The molecule has 0 spiro atoms. The van der Waals surface area contributed by atoms with Crippen molar-refractivity contribution in [3.05, 3.63) is 83.7 Å². The number of alkyl halides is 3. The maximum atomic E-state index is 13.4. The van der Waals surface area contributed by atoms with E-state index in [9.17, 15) is 30.8 Å². The molecular formula is C25H23F4N3O4S. The van der Waals surface area contributed by atoms with E-state index in [-0.39, 0.29) is 28.9 Å². The van der Waals surface area contributed by atoms with Crippen LogP contribution in [0.25, 0.3) is 0 Å². The van der Waals surface area contributed by atoms with Gasteiger partial charge in [0.05, 0.1) is 16.3 Å². The van der Waals surface area contributed by atoms with Crippen LogP contribution in [0.1, 0.15) is 17.5 Å². The van der Waals surface area contributed by atoms with E-state index >= 15 is 0 Å². The van der Waals surface area contributed by atoms with Gasteiger partial charge in [-0.05, 0) is 73.0 Å². The van der Waals surface area contributed by atoms with Gasteiger partial charge in [0.15, 0.2) is 0 Å². The number of rotatable bonds is 7. The number of hydrogen-bond donors (Lipinski definition) is 1. The summed E-state index contributed by atoms with van der Waals surface area (Å²) >= 11 is 0. The number of amides is 2. The normalized spacial score (nSPS) is 14.6. The van der Waals surface area contributed by atoms with Crippen molar-refractivity contribution < 1.29 is 35.5 Å². The summed E-state index contributed by atoms with van der Waals surface area (Å²) in [5.74, 6) is -0.933. The Morgan fingerprint density at radius 1 is 0.973 bits per heavy atom. The number of carbonyl (C=O) groups is 1. The highest BCUT2D eigenvalue weighted by Gasteiger charge is 2.32. The highest BCUT2D eigenvalue weighted by atomic mass is 32.2. The van der Waals surface area contributed by atoms with Gasteiger partial charge < -0.3 is 9.64 Å². The number of hydrogen-bond acceptors (Lipinski definition) is 4. The van der Waals surface area contributed by atoms with Gasteiger partial charge in [0.1, 0.15) is 11.6 Å². The molecule has 1 fully saturated rings. The minimum atomic E-state index is -4.80. The lowest BCUT2D eigenvalue weighted by Crippen LogP contribution is -2.49. The lowest BCUT2D eigenvalue weighted by atomic mass is 10.1. The average Bonchev–Trinajstić information content (AvgIpc) is 2.81. The fourth-order valence-corrected chi connectivity index (χ4v) is 5.02. The van der Waals surface area contributed by atoms with Crippen LogP contribution in [0.4, 0.5) is 33.7 Å². The van der Waals surface area contributed by atoms with Gasteiger partial charge in [-0.3, -0.25) is 9.62 Å². The van der Waals surface area contributed by atoms with E-state index < -0.39 is 22.2 Å². The van der Waals surface area contributed by atoms with Crippen molar-refractivity contribution in [1.82, 2.24) is 4.90 Å². The van der Waals surface area contributed by atoms with Crippen LogP contribution in [0.2, 0.25) is 0 Å². The van der Waals surface area contributed by atoms with Crippen molar-refractivity contribution >= 4 is 27.4 Å². The Hall–Kier alpha value is -3.80. The molecule has 1 saturated heterocycles. The van der Waals surface area contributed by atoms with E-state index in [1.165, 1.54) is 34.1 Å². The molecule has 0 unspecified atom stereocenters. The smallest absolute Gasteiger partial charge is 0.406 e. The second-order valence-corrected chi connectivity index (χ2v) is 10.2. The fraction of sp³-hybridized carbons (Fsp3) is 0.240. The molecule has 7 nitrogen and oxygen atoms in total. The number of aryl methyl sites for hydroxylation is 1. The van der Waals surface area contributed by atoms with Crippen LogP contribution >= 0.6 is 0 Å². The Balaban J connectivity index is 1.54.